The fourth-order valence-corrected chi connectivity index (χ4v) is 4.70. The van der Waals surface area contributed by atoms with E-state index < -0.39 is 0 Å². The molecule has 0 saturated carbocycles. The van der Waals surface area contributed by atoms with Crippen molar-refractivity contribution in [3.05, 3.63) is 113 Å². The fraction of sp³-hybridized carbons (Fsp3) is 0.0357. The summed E-state index contributed by atoms with van der Waals surface area (Å²) >= 11 is 0. The minimum atomic E-state index is -0.326. The van der Waals surface area contributed by atoms with Crippen molar-refractivity contribution < 1.29 is 14.4 Å². The van der Waals surface area contributed by atoms with Crippen LogP contribution in [-0.4, -0.2) is 34.1 Å². The molecule has 6 rings (SSSR count). The molecular formula is C28H18N2O3. The molecule has 0 radical (unpaired) electrons. The summed E-state index contributed by atoms with van der Waals surface area (Å²) in [5, 5.41) is 1.98. The van der Waals surface area contributed by atoms with Crippen LogP contribution in [0.3, 0.4) is 0 Å². The van der Waals surface area contributed by atoms with Gasteiger partial charge in [-0.1, -0.05) is 66.7 Å². The zero-order valence-corrected chi connectivity index (χ0v) is 17.8. The van der Waals surface area contributed by atoms with Crippen LogP contribution in [0.1, 0.15) is 36.6 Å². The molecule has 5 nitrogen and oxygen atoms in total. The lowest BCUT2D eigenvalue weighted by Gasteiger charge is -2.12. The topological polar surface area (TPSA) is 59.4 Å². The van der Waals surface area contributed by atoms with Crippen LogP contribution in [0.4, 0.5) is 0 Å². The second-order valence-corrected chi connectivity index (χ2v) is 8.15. The van der Waals surface area contributed by atoms with E-state index in [0.29, 0.717) is 27.9 Å². The molecule has 0 bridgehead atoms. The van der Waals surface area contributed by atoms with Gasteiger partial charge in [0.2, 0.25) is 0 Å². The molecule has 0 atom stereocenters. The van der Waals surface area contributed by atoms with Gasteiger partial charge in [0.25, 0.3) is 11.8 Å². The van der Waals surface area contributed by atoms with Crippen LogP contribution in [-0.2, 0) is 0 Å². The molecule has 1 aromatic heterocycles. The summed E-state index contributed by atoms with van der Waals surface area (Å²) < 4.78 is 1.98. The smallest absolute Gasteiger partial charge is 0.263 e. The van der Waals surface area contributed by atoms with Crippen molar-refractivity contribution in [3.63, 3.8) is 0 Å². The fourth-order valence-electron chi connectivity index (χ4n) is 4.70. The first-order valence-corrected chi connectivity index (χ1v) is 10.6. The van der Waals surface area contributed by atoms with Gasteiger partial charge in [0.05, 0.1) is 27.8 Å². The lowest BCUT2D eigenvalue weighted by atomic mass is 10.0. The summed E-state index contributed by atoms with van der Waals surface area (Å²) in [6, 6.07) is 28.1. The number of para-hydroxylation sites is 1. The second kappa shape index (κ2) is 7.00. The number of nitrogens with zero attached hydrogens (tertiary/aromatic N) is 2. The molecular weight excluding hydrogens is 412 g/mol. The first-order chi connectivity index (χ1) is 16.1. The molecule has 0 aliphatic carbocycles. The average molecular weight is 430 g/mol. The van der Waals surface area contributed by atoms with E-state index in [9.17, 15) is 14.4 Å². The van der Waals surface area contributed by atoms with Crippen LogP contribution in [0.5, 0.6) is 0 Å². The number of hydrogen-bond donors (Lipinski definition) is 0. The van der Waals surface area contributed by atoms with Crippen molar-refractivity contribution in [2.24, 2.45) is 0 Å². The first kappa shape index (κ1) is 19.2. The standard InChI is InChI=1S/C28H18N2O3/c1-29-27(32)21-11-7-13-23(25(21)28(29)33)30-22-12-6-5-10-19(22)20-15-14-18(16-24(20)30)26(31)17-8-3-2-4-9-17/h2-16H,1H3. The van der Waals surface area contributed by atoms with Crippen molar-refractivity contribution in [1.82, 2.24) is 9.47 Å². The predicted octanol–water partition coefficient (Wildman–Crippen LogP) is 5.24. The zero-order chi connectivity index (χ0) is 22.7. The van der Waals surface area contributed by atoms with E-state index in [0.717, 1.165) is 26.7 Å². The highest BCUT2D eigenvalue weighted by Crippen LogP contribution is 2.36. The van der Waals surface area contributed by atoms with Crippen LogP contribution in [0.15, 0.2) is 91.0 Å². The van der Waals surface area contributed by atoms with Gasteiger partial charge in [-0.05, 0) is 24.3 Å². The van der Waals surface area contributed by atoms with Gasteiger partial charge >= 0.3 is 0 Å². The predicted molar refractivity (Wildman–Crippen MR) is 127 cm³/mol. The molecule has 2 amide bonds. The van der Waals surface area contributed by atoms with Gasteiger partial charge in [0.1, 0.15) is 0 Å². The van der Waals surface area contributed by atoms with Crippen molar-refractivity contribution in [2.75, 3.05) is 7.05 Å². The maximum absolute atomic E-state index is 13.2. The van der Waals surface area contributed by atoms with E-state index in [1.807, 2.05) is 71.3 Å². The van der Waals surface area contributed by atoms with Gasteiger partial charge in [-0.25, -0.2) is 0 Å². The molecule has 5 heteroatoms. The van der Waals surface area contributed by atoms with Crippen molar-refractivity contribution in [2.45, 2.75) is 0 Å². The first-order valence-electron chi connectivity index (χ1n) is 10.6. The average Bonchev–Trinajstić information content (AvgIpc) is 3.31. The lowest BCUT2D eigenvalue weighted by molar-refractivity contribution is 0.0693. The van der Waals surface area contributed by atoms with Crippen LogP contribution >= 0.6 is 0 Å². The van der Waals surface area contributed by atoms with E-state index in [4.69, 9.17) is 0 Å². The Balaban J connectivity index is 1.67. The summed E-state index contributed by atoms with van der Waals surface area (Å²) in [4.78, 5) is 39.9. The number of hydrogen-bond acceptors (Lipinski definition) is 3. The second-order valence-electron chi connectivity index (χ2n) is 8.15. The van der Waals surface area contributed by atoms with Crippen LogP contribution in [0.25, 0.3) is 27.5 Å². The molecule has 0 spiro atoms. The summed E-state index contributed by atoms with van der Waals surface area (Å²) in [6.45, 7) is 0. The Morgan fingerprint density at radius 2 is 1.39 bits per heavy atom. The van der Waals surface area contributed by atoms with Gasteiger partial charge in [-0.2, -0.15) is 0 Å². The van der Waals surface area contributed by atoms with Gasteiger partial charge < -0.3 is 4.57 Å². The molecule has 33 heavy (non-hydrogen) atoms. The van der Waals surface area contributed by atoms with Crippen LogP contribution in [0.2, 0.25) is 0 Å². The minimum absolute atomic E-state index is 0.0708. The number of aromatic nitrogens is 1. The van der Waals surface area contributed by atoms with E-state index in [1.165, 1.54) is 7.05 Å². The number of amides is 2. The lowest BCUT2D eigenvalue weighted by Crippen LogP contribution is -2.24. The molecule has 0 saturated heterocycles. The zero-order valence-electron chi connectivity index (χ0n) is 17.8. The molecule has 0 N–H and O–H groups in total. The normalized spacial score (nSPS) is 13.2. The third kappa shape index (κ3) is 2.69. The van der Waals surface area contributed by atoms with Gasteiger partial charge in [0.15, 0.2) is 5.78 Å². The Bertz CT molecular complexity index is 1630. The highest BCUT2D eigenvalue weighted by atomic mass is 16.2. The third-order valence-corrected chi connectivity index (χ3v) is 6.31. The quantitative estimate of drug-likeness (QED) is 0.291. The minimum Gasteiger partial charge on any atom is -0.308 e. The van der Waals surface area contributed by atoms with Crippen molar-refractivity contribution >= 4 is 39.4 Å². The van der Waals surface area contributed by atoms with Gasteiger partial charge in [-0.3, -0.25) is 19.3 Å². The van der Waals surface area contributed by atoms with E-state index >= 15 is 0 Å². The van der Waals surface area contributed by atoms with E-state index in [1.54, 1.807) is 24.3 Å². The number of carbonyl (C=O) groups is 3. The van der Waals surface area contributed by atoms with E-state index in [2.05, 4.69) is 0 Å². The molecule has 158 valence electrons. The maximum Gasteiger partial charge on any atom is 0.263 e. The summed E-state index contributed by atoms with van der Waals surface area (Å²) in [5.41, 5.74) is 4.29. The Kier molecular flexibility index (Phi) is 4.07. The van der Waals surface area contributed by atoms with Crippen LogP contribution in [0, 0.1) is 0 Å². The molecule has 0 fully saturated rings. The maximum atomic E-state index is 13.2. The SMILES string of the molecule is CN1C(=O)c2cccc(-n3c4ccccc4c4ccc(C(=O)c5ccccc5)cc43)c2C1=O. The number of ketones is 1. The van der Waals surface area contributed by atoms with Gasteiger partial charge in [-0.15, -0.1) is 0 Å². The highest BCUT2D eigenvalue weighted by molar-refractivity contribution is 6.23. The van der Waals surface area contributed by atoms with Crippen molar-refractivity contribution in [3.8, 4) is 5.69 Å². The van der Waals surface area contributed by atoms with Crippen LogP contribution < -0.4 is 0 Å². The Labute approximate surface area is 189 Å². The number of imide groups is 1. The van der Waals surface area contributed by atoms with Crippen molar-refractivity contribution in [1.29, 1.82) is 0 Å². The summed E-state index contributed by atoms with van der Waals surface area (Å²) in [6.07, 6.45) is 0. The number of fused-ring (bicyclic) bond motifs is 4. The number of rotatable bonds is 3. The summed E-state index contributed by atoms with van der Waals surface area (Å²) in [7, 11) is 1.50. The Morgan fingerprint density at radius 3 is 2.21 bits per heavy atom. The molecule has 2 heterocycles. The summed E-state index contributed by atoms with van der Waals surface area (Å²) in [5.74, 6) is -0.704. The molecule has 1 aliphatic rings. The highest BCUT2D eigenvalue weighted by Gasteiger charge is 2.35. The Hall–Kier alpha value is -4.51. The third-order valence-electron chi connectivity index (χ3n) is 6.31. The largest absolute Gasteiger partial charge is 0.308 e. The molecule has 5 aromatic rings. The number of carbonyl (C=O) groups excluding carboxylic acids is 3. The van der Waals surface area contributed by atoms with E-state index in [-0.39, 0.29) is 17.6 Å². The molecule has 0 unspecified atom stereocenters. The van der Waals surface area contributed by atoms with Gasteiger partial charge in [0, 0.05) is 28.9 Å². The number of benzene rings is 4. The molecule has 1 aliphatic heterocycles. The Morgan fingerprint density at radius 1 is 0.667 bits per heavy atom. The monoisotopic (exact) mass is 430 g/mol. The molecule has 4 aromatic carbocycles.